The number of aromatic nitrogens is 1. The number of pyridine rings is 1. The van der Waals surface area contributed by atoms with Gasteiger partial charge in [0.2, 0.25) is 21.8 Å². The minimum absolute atomic E-state index is 0.0288. The second-order valence-electron chi connectivity index (χ2n) is 7.73. The number of halogens is 2. The first-order valence-electron chi connectivity index (χ1n) is 8.97. The summed E-state index contributed by atoms with van der Waals surface area (Å²) in [6.07, 6.45) is 5.42. The highest BCUT2D eigenvalue weighted by molar-refractivity contribution is 7.92. The van der Waals surface area contributed by atoms with E-state index in [1.165, 1.54) is 13.3 Å². The molecule has 0 amide bonds. The van der Waals surface area contributed by atoms with Crippen LogP contribution in [0.1, 0.15) is 45.1 Å². The van der Waals surface area contributed by atoms with Gasteiger partial charge in [0, 0.05) is 18.4 Å². The molecule has 0 bridgehead atoms. The second kappa shape index (κ2) is 8.43. The molecule has 9 heteroatoms. The molecule has 154 valence electrons. The number of hydrogen-bond acceptors (Lipinski definition) is 5. The van der Waals surface area contributed by atoms with Gasteiger partial charge >= 0.3 is 0 Å². The predicted octanol–water partition coefficient (Wildman–Crippen LogP) is 4.22. The zero-order chi connectivity index (χ0) is 21.0. The van der Waals surface area contributed by atoms with E-state index in [4.69, 9.17) is 10.00 Å². The molecular weight excluding hydrogens is 388 g/mol. The van der Waals surface area contributed by atoms with Crippen molar-refractivity contribution >= 4 is 21.8 Å². The number of hydrogen-bond donors (Lipinski definition) is 1. The summed E-state index contributed by atoms with van der Waals surface area (Å²) in [5.41, 5.74) is -0.249. The molecule has 0 aromatic carbocycles. The first-order chi connectivity index (χ1) is 13.0. The van der Waals surface area contributed by atoms with Crippen LogP contribution >= 0.6 is 0 Å². The third-order valence-electron chi connectivity index (χ3n) is 4.51. The fourth-order valence-corrected chi connectivity index (χ4v) is 4.59. The lowest BCUT2D eigenvalue weighted by molar-refractivity contribution is -0.0410. The van der Waals surface area contributed by atoms with Gasteiger partial charge in [-0.3, -0.25) is 4.72 Å². The minimum atomic E-state index is -3.75. The Morgan fingerprint density at radius 1 is 1.43 bits per heavy atom. The number of nitrogens with zero attached hydrogens (tertiary/aromatic N) is 2. The molecule has 0 unspecified atom stereocenters. The van der Waals surface area contributed by atoms with Crippen molar-refractivity contribution in [3.63, 3.8) is 0 Å². The molecule has 1 aliphatic rings. The zero-order valence-corrected chi connectivity index (χ0v) is 17.0. The molecule has 1 fully saturated rings. The van der Waals surface area contributed by atoms with Crippen molar-refractivity contribution in [1.82, 2.24) is 4.98 Å². The topological polar surface area (TPSA) is 92.1 Å². The van der Waals surface area contributed by atoms with Gasteiger partial charge < -0.3 is 4.74 Å². The Kier molecular flexibility index (Phi) is 6.65. The summed E-state index contributed by atoms with van der Waals surface area (Å²) in [7, 11) is -2.31. The zero-order valence-electron chi connectivity index (χ0n) is 16.2. The smallest absolute Gasteiger partial charge is 0.248 e. The van der Waals surface area contributed by atoms with Crippen molar-refractivity contribution in [2.24, 2.45) is 11.3 Å². The number of rotatable bonds is 7. The number of ether oxygens (including phenoxy) is 1. The molecule has 0 atom stereocenters. The molecule has 0 saturated heterocycles. The quantitative estimate of drug-likeness (QED) is 0.722. The van der Waals surface area contributed by atoms with Crippen molar-refractivity contribution in [1.29, 1.82) is 5.26 Å². The summed E-state index contributed by atoms with van der Waals surface area (Å²) in [4.78, 5) is 4.10. The summed E-state index contributed by atoms with van der Waals surface area (Å²) in [6, 6.07) is 3.52. The van der Waals surface area contributed by atoms with Crippen LogP contribution in [-0.4, -0.2) is 32.2 Å². The van der Waals surface area contributed by atoms with Gasteiger partial charge in [-0.2, -0.15) is 5.26 Å². The average molecular weight is 413 g/mol. The number of anilines is 1. The molecule has 1 aromatic heterocycles. The Morgan fingerprint density at radius 2 is 2.07 bits per heavy atom. The van der Waals surface area contributed by atoms with E-state index < -0.39 is 21.4 Å². The van der Waals surface area contributed by atoms with Crippen molar-refractivity contribution in [3.8, 4) is 11.9 Å². The van der Waals surface area contributed by atoms with Crippen LogP contribution in [0.2, 0.25) is 0 Å². The molecule has 2 rings (SSSR count). The van der Waals surface area contributed by atoms with Crippen molar-refractivity contribution in [2.45, 2.75) is 45.5 Å². The first kappa shape index (κ1) is 22.1. The van der Waals surface area contributed by atoms with Crippen LogP contribution in [-0.2, 0) is 10.0 Å². The first-order valence-corrected chi connectivity index (χ1v) is 10.6. The van der Waals surface area contributed by atoms with Gasteiger partial charge in [-0.25, -0.2) is 22.2 Å². The van der Waals surface area contributed by atoms with E-state index in [9.17, 15) is 17.2 Å². The van der Waals surface area contributed by atoms with Crippen LogP contribution in [0.5, 0.6) is 5.88 Å². The van der Waals surface area contributed by atoms with Gasteiger partial charge in [-0.05, 0) is 38.7 Å². The molecular formula is C19H25F2N3O3S. The molecule has 1 aromatic rings. The molecule has 0 radical (unpaired) electrons. The Morgan fingerprint density at radius 3 is 2.64 bits per heavy atom. The average Bonchev–Trinajstić information content (AvgIpc) is 2.59. The van der Waals surface area contributed by atoms with E-state index in [-0.39, 0.29) is 30.2 Å². The largest absolute Gasteiger partial charge is 0.481 e. The molecule has 1 saturated carbocycles. The maximum absolute atomic E-state index is 13.3. The number of methoxy groups -OCH3 is 1. The van der Waals surface area contributed by atoms with Gasteiger partial charge in [-0.15, -0.1) is 0 Å². The molecule has 6 nitrogen and oxygen atoms in total. The van der Waals surface area contributed by atoms with Crippen LogP contribution in [0, 0.1) is 22.7 Å². The fourth-order valence-electron chi connectivity index (χ4n) is 3.03. The lowest BCUT2D eigenvalue weighted by Crippen LogP contribution is -2.27. The highest BCUT2D eigenvalue weighted by Crippen LogP contribution is 2.37. The number of alkyl halides is 2. The van der Waals surface area contributed by atoms with Gasteiger partial charge in [0.15, 0.2) is 0 Å². The maximum Gasteiger partial charge on any atom is 0.248 e. The monoisotopic (exact) mass is 413 g/mol. The lowest BCUT2D eigenvalue weighted by Gasteiger charge is -2.26. The van der Waals surface area contributed by atoms with Crippen LogP contribution in [0.4, 0.5) is 14.5 Å². The molecule has 1 aliphatic carbocycles. The minimum Gasteiger partial charge on any atom is -0.481 e. The highest BCUT2D eigenvalue weighted by Gasteiger charge is 2.34. The van der Waals surface area contributed by atoms with Crippen molar-refractivity contribution in [3.05, 3.63) is 23.9 Å². The summed E-state index contributed by atoms with van der Waals surface area (Å²) >= 11 is 0. The van der Waals surface area contributed by atoms with E-state index in [1.807, 2.05) is 12.1 Å². The fraction of sp³-hybridized carbons (Fsp3) is 0.579. The molecule has 0 spiro atoms. The van der Waals surface area contributed by atoms with Gasteiger partial charge in [0.05, 0.1) is 36.2 Å². The summed E-state index contributed by atoms with van der Waals surface area (Å²) < 4.78 is 58.8. The Bertz CT molecular complexity index is 867. The lowest BCUT2D eigenvalue weighted by atomic mass is 9.86. The van der Waals surface area contributed by atoms with E-state index >= 15 is 0 Å². The van der Waals surface area contributed by atoms with Gasteiger partial charge in [0.25, 0.3) is 0 Å². The highest BCUT2D eigenvalue weighted by atomic mass is 32.2. The van der Waals surface area contributed by atoms with E-state index in [2.05, 4.69) is 9.71 Å². The standard InChI is InChI=1S/C19H25F2N3O3S/c1-18(2,12-22)13-28(25,26)24-16-10-15(17(27-3)23-11-16)5-4-14-6-8-19(20,21)9-7-14/h4-5,10-11,14,24H,6-9,13H2,1-3H3/b5-4+. The molecule has 1 N–H and O–H groups in total. The van der Waals surface area contributed by atoms with Crippen LogP contribution in [0.3, 0.4) is 0 Å². The van der Waals surface area contributed by atoms with Crippen molar-refractivity contribution in [2.75, 3.05) is 17.6 Å². The van der Waals surface area contributed by atoms with Crippen LogP contribution < -0.4 is 9.46 Å². The van der Waals surface area contributed by atoms with Gasteiger partial charge in [-0.1, -0.05) is 12.2 Å². The summed E-state index contributed by atoms with van der Waals surface area (Å²) in [5.74, 6) is -2.61. The van der Waals surface area contributed by atoms with Crippen LogP contribution in [0.15, 0.2) is 18.3 Å². The Hall–Kier alpha value is -2.21. The molecule has 1 heterocycles. The number of allylic oxidation sites excluding steroid dienone is 1. The van der Waals surface area contributed by atoms with E-state index in [0.717, 1.165) is 0 Å². The normalized spacial score (nSPS) is 18.0. The number of sulfonamides is 1. The van der Waals surface area contributed by atoms with Gasteiger partial charge in [0.1, 0.15) is 0 Å². The van der Waals surface area contributed by atoms with Crippen LogP contribution in [0.25, 0.3) is 6.08 Å². The summed E-state index contributed by atoms with van der Waals surface area (Å²) in [6.45, 7) is 3.08. The Balaban J connectivity index is 2.15. The summed E-state index contributed by atoms with van der Waals surface area (Å²) in [5, 5.41) is 9.03. The third kappa shape index (κ3) is 6.44. The Labute approximate surface area is 164 Å². The number of nitriles is 1. The SMILES string of the molecule is COc1ncc(NS(=O)(=O)CC(C)(C)C#N)cc1/C=C/C1CCC(F)(F)CC1. The predicted molar refractivity (Wildman–Crippen MR) is 104 cm³/mol. The van der Waals surface area contributed by atoms with Crippen molar-refractivity contribution < 1.29 is 21.9 Å². The maximum atomic E-state index is 13.3. The number of nitrogens with one attached hydrogen (secondary N) is 1. The van der Waals surface area contributed by atoms with E-state index in [1.54, 1.807) is 26.0 Å². The third-order valence-corrected chi connectivity index (χ3v) is 6.16. The molecule has 28 heavy (non-hydrogen) atoms. The molecule has 0 aliphatic heterocycles. The second-order valence-corrected chi connectivity index (χ2v) is 9.45. The van der Waals surface area contributed by atoms with E-state index in [0.29, 0.717) is 24.3 Å².